The molecule has 1 unspecified atom stereocenters. The maximum atomic E-state index is 13.9. The highest BCUT2D eigenvalue weighted by Crippen LogP contribution is 2.27. The number of ether oxygens (including phenoxy) is 1. The number of nitrogens with two attached hydrogens (primary N) is 1. The molecule has 0 radical (unpaired) electrons. The predicted octanol–water partition coefficient (Wildman–Crippen LogP) is 3.06. The van der Waals surface area contributed by atoms with Crippen molar-refractivity contribution in [3.63, 3.8) is 0 Å². The summed E-state index contributed by atoms with van der Waals surface area (Å²) in [6.45, 7) is 4.09. The lowest BCUT2D eigenvalue weighted by Gasteiger charge is -2.10. The maximum absolute atomic E-state index is 13.9. The lowest BCUT2D eigenvalue weighted by Crippen LogP contribution is -2.20. The Hall–Kier alpha value is -1.31. The van der Waals surface area contributed by atoms with Gasteiger partial charge in [0.2, 0.25) is 0 Å². The van der Waals surface area contributed by atoms with Crippen LogP contribution in [0.15, 0.2) is 27.2 Å². The molecule has 0 spiro atoms. The summed E-state index contributed by atoms with van der Waals surface area (Å²) >= 11 is 3.11. The monoisotopic (exact) mass is 343 g/mol. The zero-order chi connectivity index (χ0) is 14.7. The molecule has 1 atom stereocenters. The number of aromatic nitrogens is 2. The first-order valence-corrected chi connectivity index (χ1v) is 6.93. The predicted molar refractivity (Wildman–Crippen MR) is 75.4 cm³/mol. The summed E-state index contributed by atoms with van der Waals surface area (Å²) in [6.07, 6.45) is 0.0648. The van der Waals surface area contributed by atoms with Gasteiger partial charge in [0, 0.05) is 0 Å². The molecule has 108 valence electrons. The molecule has 0 amide bonds. The Labute approximate surface area is 124 Å². The fourth-order valence-corrected chi connectivity index (χ4v) is 1.90. The SMILES string of the molecule is CC(C)OCC(N)c1noc(-c2cccc(Br)c2F)n1. The molecule has 2 rings (SSSR count). The van der Waals surface area contributed by atoms with Crippen LogP contribution < -0.4 is 5.73 Å². The molecule has 5 nitrogen and oxygen atoms in total. The van der Waals surface area contributed by atoms with Crippen molar-refractivity contribution in [1.29, 1.82) is 0 Å². The number of nitrogens with zero attached hydrogens (tertiary/aromatic N) is 2. The molecule has 20 heavy (non-hydrogen) atoms. The number of rotatable bonds is 5. The molecule has 1 heterocycles. The van der Waals surface area contributed by atoms with Crippen LogP contribution in [0.5, 0.6) is 0 Å². The van der Waals surface area contributed by atoms with Crippen LogP contribution in [0.3, 0.4) is 0 Å². The van der Waals surface area contributed by atoms with Crippen molar-refractivity contribution in [3.05, 3.63) is 34.3 Å². The van der Waals surface area contributed by atoms with Gasteiger partial charge in [-0.2, -0.15) is 4.98 Å². The lowest BCUT2D eigenvalue weighted by atomic mass is 10.2. The van der Waals surface area contributed by atoms with Crippen LogP contribution in [0.25, 0.3) is 11.5 Å². The van der Waals surface area contributed by atoms with Crippen molar-refractivity contribution in [1.82, 2.24) is 10.1 Å². The second-order valence-corrected chi connectivity index (χ2v) is 5.40. The van der Waals surface area contributed by atoms with E-state index in [0.29, 0.717) is 10.3 Å². The third-order valence-electron chi connectivity index (χ3n) is 2.56. The summed E-state index contributed by atoms with van der Waals surface area (Å²) in [7, 11) is 0. The van der Waals surface area contributed by atoms with Gasteiger partial charge in [0.15, 0.2) is 5.82 Å². The van der Waals surface area contributed by atoms with Crippen LogP contribution in [0.4, 0.5) is 4.39 Å². The van der Waals surface area contributed by atoms with Crippen LogP contribution in [0, 0.1) is 5.82 Å². The molecule has 2 N–H and O–H groups in total. The molecule has 0 aliphatic carbocycles. The first-order chi connectivity index (χ1) is 9.49. The van der Waals surface area contributed by atoms with Gasteiger partial charge in [-0.15, -0.1) is 0 Å². The Bertz CT molecular complexity index is 589. The van der Waals surface area contributed by atoms with Gasteiger partial charge in [0.05, 0.1) is 28.8 Å². The van der Waals surface area contributed by atoms with Crippen LogP contribution in [-0.2, 0) is 4.74 Å². The quantitative estimate of drug-likeness (QED) is 0.902. The smallest absolute Gasteiger partial charge is 0.260 e. The zero-order valence-corrected chi connectivity index (χ0v) is 12.7. The number of hydrogen-bond acceptors (Lipinski definition) is 5. The van der Waals surface area contributed by atoms with Gasteiger partial charge < -0.3 is 15.0 Å². The molecule has 1 aromatic heterocycles. The molecule has 0 aliphatic heterocycles. The molecule has 1 aromatic carbocycles. The molecule has 0 saturated heterocycles. The summed E-state index contributed by atoms with van der Waals surface area (Å²) in [6, 6.07) is 4.34. The lowest BCUT2D eigenvalue weighted by molar-refractivity contribution is 0.0665. The van der Waals surface area contributed by atoms with E-state index < -0.39 is 11.9 Å². The van der Waals surface area contributed by atoms with E-state index in [4.69, 9.17) is 15.0 Å². The molecule has 7 heteroatoms. The van der Waals surface area contributed by atoms with Gasteiger partial charge >= 0.3 is 0 Å². The number of hydrogen-bond donors (Lipinski definition) is 1. The molecular weight excluding hydrogens is 329 g/mol. The Balaban J connectivity index is 2.18. The highest BCUT2D eigenvalue weighted by molar-refractivity contribution is 9.10. The van der Waals surface area contributed by atoms with Crippen molar-refractivity contribution in [2.45, 2.75) is 26.0 Å². The van der Waals surface area contributed by atoms with Crippen LogP contribution in [0.2, 0.25) is 0 Å². The number of halogens is 2. The van der Waals surface area contributed by atoms with E-state index in [1.807, 2.05) is 13.8 Å². The second-order valence-electron chi connectivity index (χ2n) is 4.55. The Morgan fingerprint density at radius 3 is 2.90 bits per heavy atom. The number of benzene rings is 1. The van der Waals surface area contributed by atoms with Crippen molar-refractivity contribution in [3.8, 4) is 11.5 Å². The summed E-state index contributed by atoms with van der Waals surface area (Å²) in [5.41, 5.74) is 6.12. The van der Waals surface area contributed by atoms with Gasteiger partial charge in [-0.1, -0.05) is 11.2 Å². The molecular formula is C13H15BrFN3O2. The van der Waals surface area contributed by atoms with E-state index in [1.54, 1.807) is 18.2 Å². The van der Waals surface area contributed by atoms with E-state index in [0.717, 1.165) is 0 Å². The minimum Gasteiger partial charge on any atom is -0.377 e. The third-order valence-corrected chi connectivity index (χ3v) is 3.18. The van der Waals surface area contributed by atoms with E-state index >= 15 is 0 Å². The Morgan fingerprint density at radius 1 is 1.45 bits per heavy atom. The van der Waals surface area contributed by atoms with Crippen LogP contribution in [-0.4, -0.2) is 22.9 Å². The van der Waals surface area contributed by atoms with Gasteiger partial charge in [0.1, 0.15) is 5.82 Å². The van der Waals surface area contributed by atoms with E-state index in [9.17, 15) is 4.39 Å². The van der Waals surface area contributed by atoms with Gasteiger partial charge in [-0.3, -0.25) is 0 Å². The fourth-order valence-electron chi connectivity index (χ4n) is 1.53. The van der Waals surface area contributed by atoms with Crippen molar-refractivity contribution >= 4 is 15.9 Å². The van der Waals surface area contributed by atoms with Crippen molar-refractivity contribution in [2.75, 3.05) is 6.61 Å². The summed E-state index contributed by atoms with van der Waals surface area (Å²) in [5.74, 6) is -0.0616. The second kappa shape index (κ2) is 6.43. The average Bonchev–Trinajstić information content (AvgIpc) is 2.88. The summed E-state index contributed by atoms with van der Waals surface area (Å²) in [5, 5.41) is 3.77. The maximum Gasteiger partial charge on any atom is 0.260 e. The van der Waals surface area contributed by atoms with Gasteiger partial charge in [-0.25, -0.2) is 4.39 Å². The third kappa shape index (κ3) is 3.41. The Morgan fingerprint density at radius 2 is 2.20 bits per heavy atom. The minimum atomic E-state index is -0.509. The van der Waals surface area contributed by atoms with Gasteiger partial charge in [-0.05, 0) is 41.9 Å². The molecule has 0 aliphatic rings. The topological polar surface area (TPSA) is 74.2 Å². The fraction of sp³-hybridized carbons (Fsp3) is 0.385. The Kier molecular flexibility index (Phi) is 4.85. The van der Waals surface area contributed by atoms with Crippen LogP contribution in [0.1, 0.15) is 25.7 Å². The average molecular weight is 344 g/mol. The van der Waals surface area contributed by atoms with Crippen molar-refractivity contribution in [2.24, 2.45) is 5.73 Å². The minimum absolute atomic E-state index is 0.0648. The highest BCUT2D eigenvalue weighted by Gasteiger charge is 2.19. The molecule has 0 fully saturated rings. The van der Waals surface area contributed by atoms with Gasteiger partial charge in [0.25, 0.3) is 5.89 Å². The normalized spacial score (nSPS) is 12.9. The first kappa shape index (κ1) is 15.1. The zero-order valence-electron chi connectivity index (χ0n) is 11.1. The van der Waals surface area contributed by atoms with E-state index in [-0.39, 0.29) is 24.2 Å². The largest absolute Gasteiger partial charge is 0.377 e. The van der Waals surface area contributed by atoms with Crippen molar-refractivity contribution < 1.29 is 13.7 Å². The molecule has 0 saturated carbocycles. The first-order valence-electron chi connectivity index (χ1n) is 6.14. The van der Waals surface area contributed by atoms with Crippen LogP contribution >= 0.6 is 15.9 Å². The van der Waals surface area contributed by atoms with E-state index in [1.165, 1.54) is 0 Å². The summed E-state index contributed by atoms with van der Waals surface area (Å²) in [4.78, 5) is 4.12. The molecule has 2 aromatic rings. The summed E-state index contributed by atoms with van der Waals surface area (Å²) < 4.78 is 24.7. The standard InChI is InChI=1S/C13H15BrFN3O2/c1-7(2)19-6-10(16)12-17-13(20-18-12)8-4-3-5-9(14)11(8)15/h3-5,7,10H,6,16H2,1-2H3. The molecule has 0 bridgehead atoms. The highest BCUT2D eigenvalue weighted by atomic mass is 79.9. The van der Waals surface area contributed by atoms with E-state index in [2.05, 4.69) is 26.1 Å².